The van der Waals surface area contributed by atoms with Crippen LogP contribution < -0.4 is 5.32 Å². The zero-order chi connectivity index (χ0) is 13.9. The summed E-state index contributed by atoms with van der Waals surface area (Å²) in [4.78, 5) is 23.3. The summed E-state index contributed by atoms with van der Waals surface area (Å²) in [6.45, 7) is 8.10. The first-order valence-corrected chi connectivity index (χ1v) is 6.41. The molecule has 4 nitrogen and oxygen atoms in total. The Bertz CT molecular complexity index is 355. The summed E-state index contributed by atoms with van der Waals surface area (Å²) in [6.07, 6.45) is 4.69. The van der Waals surface area contributed by atoms with E-state index in [1.54, 1.807) is 0 Å². The van der Waals surface area contributed by atoms with Gasteiger partial charge >= 0.3 is 5.97 Å². The molecule has 0 heterocycles. The highest BCUT2D eigenvalue weighted by Gasteiger charge is 2.35. The Labute approximate surface area is 108 Å². The van der Waals surface area contributed by atoms with Crippen LogP contribution in [0.3, 0.4) is 0 Å². The Morgan fingerprint density at radius 2 is 1.72 bits per heavy atom. The highest BCUT2D eigenvalue weighted by Crippen LogP contribution is 2.27. The summed E-state index contributed by atoms with van der Waals surface area (Å²) in [6, 6.07) is 0.0188. The predicted molar refractivity (Wildman–Crippen MR) is 70.0 cm³/mol. The first kappa shape index (κ1) is 14.7. The first-order chi connectivity index (χ1) is 8.23. The van der Waals surface area contributed by atoms with E-state index in [1.165, 1.54) is 0 Å². The lowest BCUT2D eigenvalue weighted by Crippen LogP contribution is -2.46. The van der Waals surface area contributed by atoms with Crippen LogP contribution in [0.1, 0.15) is 40.5 Å². The number of carboxylic acid groups (broad SMARTS) is 1. The summed E-state index contributed by atoms with van der Waals surface area (Å²) in [5, 5.41) is 12.1. The van der Waals surface area contributed by atoms with Crippen molar-refractivity contribution in [3.8, 4) is 0 Å². The second-order valence-electron chi connectivity index (χ2n) is 6.09. The summed E-state index contributed by atoms with van der Waals surface area (Å²) in [5.41, 5.74) is -0.0289. The fraction of sp³-hybridized carbons (Fsp3) is 0.714. The zero-order valence-electron chi connectivity index (χ0n) is 11.6. The fourth-order valence-electron chi connectivity index (χ4n) is 1.91. The largest absolute Gasteiger partial charge is 0.481 e. The molecule has 0 fully saturated rings. The Hall–Kier alpha value is -1.32. The quantitative estimate of drug-likeness (QED) is 0.758. The molecule has 0 saturated carbocycles. The fourth-order valence-corrected chi connectivity index (χ4v) is 1.91. The van der Waals surface area contributed by atoms with Gasteiger partial charge < -0.3 is 10.4 Å². The van der Waals surface area contributed by atoms with E-state index in [4.69, 9.17) is 5.11 Å². The topological polar surface area (TPSA) is 66.4 Å². The number of allylic oxidation sites excluding steroid dienone is 2. The van der Waals surface area contributed by atoms with Crippen molar-refractivity contribution in [2.75, 3.05) is 0 Å². The normalized spacial score (nSPS) is 25.6. The van der Waals surface area contributed by atoms with Crippen LogP contribution >= 0.6 is 0 Å². The number of carbonyl (C=O) groups excluding carboxylic acids is 1. The Kier molecular flexibility index (Phi) is 4.54. The molecule has 0 aliphatic heterocycles. The number of amides is 1. The minimum Gasteiger partial charge on any atom is -0.481 e. The van der Waals surface area contributed by atoms with Gasteiger partial charge in [-0.3, -0.25) is 9.59 Å². The van der Waals surface area contributed by atoms with Gasteiger partial charge in [0, 0.05) is 6.04 Å². The molecule has 0 saturated heterocycles. The molecule has 0 aromatic rings. The second-order valence-corrected chi connectivity index (χ2v) is 6.09. The van der Waals surface area contributed by atoms with Crippen molar-refractivity contribution in [3.05, 3.63) is 12.2 Å². The molecule has 2 N–H and O–H groups in total. The molecule has 1 aliphatic rings. The summed E-state index contributed by atoms with van der Waals surface area (Å²) >= 11 is 0. The molecular weight excluding hydrogens is 230 g/mol. The highest BCUT2D eigenvalue weighted by molar-refractivity contribution is 5.85. The van der Waals surface area contributed by atoms with E-state index in [-0.39, 0.29) is 17.4 Å². The minimum absolute atomic E-state index is 0.0188. The van der Waals surface area contributed by atoms with E-state index in [1.807, 2.05) is 39.8 Å². The van der Waals surface area contributed by atoms with Crippen LogP contribution in [0.2, 0.25) is 0 Å². The third-order valence-electron chi connectivity index (χ3n) is 3.74. The standard InChI is InChI=1S/C14H23NO3/c1-9(14(2,3)4)15-12(16)10-7-5-6-8-11(10)13(17)18/h5-6,9-11H,7-8H2,1-4H3,(H,15,16)(H,17,18). The molecule has 3 unspecified atom stereocenters. The maximum Gasteiger partial charge on any atom is 0.307 e. The number of rotatable bonds is 3. The van der Waals surface area contributed by atoms with E-state index in [0.717, 1.165) is 0 Å². The Morgan fingerprint density at radius 3 is 2.17 bits per heavy atom. The van der Waals surface area contributed by atoms with Crippen LogP contribution in [0.15, 0.2) is 12.2 Å². The SMILES string of the molecule is CC(NC(=O)C1CC=CCC1C(=O)O)C(C)(C)C. The summed E-state index contributed by atoms with van der Waals surface area (Å²) in [5.74, 6) is -2.07. The number of carboxylic acids is 1. The average Bonchev–Trinajstić information content (AvgIpc) is 2.27. The van der Waals surface area contributed by atoms with Crippen LogP contribution in [-0.4, -0.2) is 23.0 Å². The van der Waals surface area contributed by atoms with E-state index in [0.29, 0.717) is 12.8 Å². The molecule has 4 heteroatoms. The maximum absolute atomic E-state index is 12.2. The number of hydrogen-bond donors (Lipinski definition) is 2. The third kappa shape index (κ3) is 3.59. The highest BCUT2D eigenvalue weighted by atomic mass is 16.4. The smallest absolute Gasteiger partial charge is 0.307 e. The zero-order valence-corrected chi connectivity index (χ0v) is 11.6. The van der Waals surface area contributed by atoms with E-state index >= 15 is 0 Å². The van der Waals surface area contributed by atoms with Crippen molar-refractivity contribution >= 4 is 11.9 Å². The van der Waals surface area contributed by atoms with Crippen molar-refractivity contribution in [1.82, 2.24) is 5.32 Å². The van der Waals surface area contributed by atoms with E-state index in [9.17, 15) is 9.59 Å². The molecule has 1 amide bonds. The van der Waals surface area contributed by atoms with Crippen LogP contribution in [0.25, 0.3) is 0 Å². The molecule has 0 spiro atoms. The molecule has 0 aromatic heterocycles. The molecule has 102 valence electrons. The minimum atomic E-state index is -0.886. The van der Waals surface area contributed by atoms with Crippen molar-refractivity contribution in [1.29, 1.82) is 0 Å². The van der Waals surface area contributed by atoms with Crippen LogP contribution in [0, 0.1) is 17.3 Å². The van der Waals surface area contributed by atoms with E-state index < -0.39 is 17.8 Å². The number of nitrogens with one attached hydrogen (secondary N) is 1. The summed E-state index contributed by atoms with van der Waals surface area (Å²) < 4.78 is 0. The van der Waals surface area contributed by atoms with Crippen molar-refractivity contribution in [2.45, 2.75) is 46.6 Å². The van der Waals surface area contributed by atoms with Gasteiger partial charge in [-0.1, -0.05) is 32.9 Å². The predicted octanol–water partition coefficient (Wildman–Crippen LogP) is 2.20. The first-order valence-electron chi connectivity index (χ1n) is 6.41. The Balaban J connectivity index is 2.71. The maximum atomic E-state index is 12.2. The van der Waals surface area contributed by atoms with Gasteiger partial charge in [-0.2, -0.15) is 0 Å². The molecule has 1 rings (SSSR count). The lowest BCUT2D eigenvalue weighted by molar-refractivity contribution is -0.147. The number of aliphatic carboxylic acids is 1. The van der Waals surface area contributed by atoms with Crippen molar-refractivity contribution in [2.24, 2.45) is 17.3 Å². The van der Waals surface area contributed by atoms with Crippen LogP contribution in [0.5, 0.6) is 0 Å². The molecule has 3 atom stereocenters. The van der Waals surface area contributed by atoms with Gasteiger partial charge in [0.25, 0.3) is 0 Å². The lowest BCUT2D eigenvalue weighted by atomic mass is 9.81. The molecule has 18 heavy (non-hydrogen) atoms. The van der Waals surface area contributed by atoms with Gasteiger partial charge in [-0.15, -0.1) is 0 Å². The van der Waals surface area contributed by atoms with Crippen LogP contribution in [-0.2, 0) is 9.59 Å². The van der Waals surface area contributed by atoms with Gasteiger partial charge in [-0.25, -0.2) is 0 Å². The molecule has 0 aromatic carbocycles. The van der Waals surface area contributed by atoms with Gasteiger partial charge in [0.1, 0.15) is 0 Å². The molecular formula is C14H23NO3. The molecule has 0 bridgehead atoms. The van der Waals surface area contributed by atoms with Gasteiger partial charge in [0.15, 0.2) is 0 Å². The van der Waals surface area contributed by atoms with Crippen molar-refractivity contribution in [3.63, 3.8) is 0 Å². The third-order valence-corrected chi connectivity index (χ3v) is 3.74. The van der Waals surface area contributed by atoms with Crippen molar-refractivity contribution < 1.29 is 14.7 Å². The van der Waals surface area contributed by atoms with E-state index in [2.05, 4.69) is 5.32 Å². The number of carbonyl (C=O) groups is 2. The Morgan fingerprint density at radius 1 is 1.22 bits per heavy atom. The monoisotopic (exact) mass is 253 g/mol. The van der Waals surface area contributed by atoms with Crippen LogP contribution in [0.4, 0.5) is 0 Å². The lowest BCUT2D eigenvalue weighted by Gasteiger charge is -2.31. The van der Waals surface area contributed by atoms with Gasteiger partial charge in [-0.05, 0) is 25.2 Å². The number of hydrogen-bond acceptors (Lipinski definition) is 2. The second kappa shape index (κ2) is 5.55. The molecule has 1 aliphatic carbocycles. The summed E-state index contributed by atoms with van der Waals surface area (Å²) in [7, 11) is 0. The molecule has 0 radical (unpaired) electrons. The van der Waals surface area contributed by atoms with Gasteiger partial charge in [0.2, 0.25) is 5.91 Å². The average molecular weight is 253 g/mol. The van der Waals surface area contributed by atoms with Gasteiger partial charge in [0.05, 0.1) is 11.8 Å².